The van der Waals surface area contributed by atoms with Gasteiger partial charge in [0, 0.05) is 5.56 Å². The van der Waals surface area contributed by atoms with Gasteiger partial charge < -0.3 is 9.52 Å². The van der Waals surface area contributed by atoms with E-state index in [9.17, 15) is 19.5 Å². The van der Waals surface area contributed by atoms with E-state index in [2.05, 4.69) is 17.3 Å². The molecule has 1 aromatic carbocycles. The van der Waals surface area contributed by atoms with Crippen LogP contribution in [0, 0.1) is 35.5 Å². The van der Waals surface area contributed by atoms with Gasteiger partial charge in [-0.15, -0.1) is 0 Å². The molecule has 156 valence electrons. The highest BCUT2D eigenvalue weighted by molar-refractivity contribution is 6.33. The number of amides is 2. The van der Waals surface area contributed by atoms with Crippen molar-refractivity contribution in [2.75, 3.05) is 0 Å². The van der Waals surface area contributed by atoms with Crippen LogP contribution in [0.25, 0.3) is 11.3 Å². The van der Waals surface area contributed by atoms with Crippen molar-refractivity contribution in [2.45, 2.75) is 6.42 Å². The third-order valence-corrected chi connectivity index (χ3v) is 7.38. The second-order valence-electron chi connectivity index (χ2n) is 8.59. The zero-order valence-corrected chi connectivity index (χ0v) is 16.9. The molecule has 1 aromatic heterocycles. The molecule has 0 spiro atoms. The summed E-state index contributed by atoms with van der Waals surface area (Å²) in [6.07, 6.45) is 6.70. The topological polar surface area (TPSA) is 100 Å². The SMILES string of the molecule is O=C(O)c1cc(-c2ccc(/C=N/N3C(=O)[C@@H]4[C@@H]5C=C[C@H]([C@H]6C[C@H]56)[C@@H]4C3=O)o2)ccc1Cl. The van der Waals surface area contributed by atoms with Crippen LogP contribution < -0.4 is 0 Å². The van der Waals surface area contributed by atoms with Gasteiger partial charge in [-0.3, -0.25) is 9.59 Å². The van der Waals surface area contributed by atoms with Crippen LogP contribution in [0.1, 0.15) is 22.5 Å². The number of imide groups is 1. The number of carboxylic acids is 1. The summed E-state index contributed by atoms with van der Waals surface area (Å²) in [5, 5.41) is 14.5. The Morgan fingerprint density at radius 2 is 1.77 bits per heavy atom. The second kappa shape index (κ2) is 6.40. The lowest BCUT2D eigenvalue weighted by molar-refractivity contribution is -0.140. The maximum absolute atomic E-state index is 12.9. The summed E-state index contributed by atoms with van der Waals surface area (Å²) in [5.74, 6) is -0.0124. The average molecular weight is 437 g/mol. The number of hydrogen-bond donors (Lipinski definition) is 1. The number of allylic oxidation sites excluding steroid dienone is 2. The summed E-state index contributed by atoms with van der Waals surface area (Å²) >= 11 is 5.92. The Kier molecular flexibility index (Phi) is 3.84. The van der Waals surface area contributed by atoms with Crippen LogP contribution >= 0.6 is 11.6 Å². The molecule has 6 atom stereocenters. The number of hydrazone groups is 1. The quantitative estimate of drug-likeness (QED) is 0.447. The number of aromatic carboxylic acids is 1. The van der Waals surface area contributed by atoms with E-state index in [0.29, 0.717) is 28.9 Å². The molecule has 4 aliphatic carbocycles. The molecule has 2 bridgehead atoms. The number of hydrogen-bond acceptors (Lipinski definition) is 5. The molecule has 2 aromatic rings. The van der Waals surface area contributed by atoms with Gasteiger partial charge in [-0.1, -0.05) is 23.8 Å². The van der Waals surface area contributed by atoms with E-state index in [4.69, 9.17) is 16.0 Å². The number of carbonyl (C=O) groups excluding carboxylic acids is 2. The van der Waals surface area contributed by atoms with Crippen molar-refractivity contribution in [3.63, 3.8) is 0 Å². The van der Waals surface area contributed by atoms with Crippen molar-refractivity contribution in [2.24, 2.45) is 40.6 Å². The fraction of sp³-hybridized carbons (Fsp3) is 0.304. The van der Waals surface area contributed by atoms with E-state index < -0.39 is 5.97 Å². The number of halogens is 1. The first-order valence-electron chi connectivity index (χ1n) is 10.2. The van der Waals surface area contributed by atoms with Gasteiger partial charge in [0.2, 0.25) is 0 Å². The minimum Gasteiger partial charge on any atom is -0.478 e. The summed E-state index contributed by atoms with van der Waals surface area (Å²) in [7, 11) is 0. The Morgan fingerprint density at radius 3 is 2.42 bits per heavy atom. The molecule has 3 fully saturated rings. The first-order valence-corrected chi connectivity index (χ1v) is 10.5. The molecule has 7 nitrogen and oxygen atoms in total. The van der Waals surface area contributed by atoms with Gasteiger partial charge in [-0.05, 0) is 60.4 Å². The first-order chi connectivity index (χ1) is 14.9. The van der Waals surface area contributed by atoms with E-state index in [1.807, 2.05) is 0 Å². The Hall–Kier alpha value is -3.19. The van der Waals surface area contributed by atoms with E-state index in [0.717, 1.165) is 11.4 Å². The third-order valence-electron chi connectivity index (χ3n) is 7.05. The molecule has 2 saturated carbocycles. The van der Waals surface area contributed by atoms with E-state index >= 15 is 0 Å². The smallest absolute Gasteiger partial charge is 0.337 e. The number of carbonyl (C=O) groups is 3. The highest BCUT2D eigenvalue weighted by Crippen LogP contribution is 2.65. The van der Waals surface area contributed by atoms with Gasteiger partial charge in [-0.25, -0.2) is 4.79 Å². The average Bonchev–Trinajstić information content (AvgIpc) is 3.39. The molecule has 1 saturated heterocycles. The van der Waals surface area contributed by atoms with Crippen LogP contribution in [-0.2, 0) is 9.59 Å². The third kappa shape index (κ3) is 2.66. The highest BCUT2D eigenvalue weighted by Gasteiger charge is 2.67. The van der Waals surface area contributed by atoms with Gasteiger partial charge in [0.05, 0.1) is 28.6 Å². The summed E-state index contributed by atoms with van der Waals surface area (Å²) in [6, 6.07) is 7.89. The van der Waals surface area contributed by atoms with Crippen molar-refractivity contribution in [1.82, 2.24) is 5.01 Å². The highest BCUT2D eigenvalue weighted by atomic mass is 35.5. The van der Waals surface area contributed by atoms with E-state index in [-0.39, 0.29) is 46.1 Å². The van der Waals surface area contributed by atoms with Gasteiger partial charge in [0.15, 0.2) is 0 Å². The summed E-state index contributed by atoms with van der Waals surface area (Å²) in [6.45, 7) is 0. The Bertz CT molecular complexity index is 1180. The molecule has 8 heteroatoms. The van der Waals surface area contributed by atoms with Gasteiger partial charge >= 0.3 is 5.97 Å². The van der Waals surface area contributed by atoms with Gasteiger partial charge in [0.25, 0.3) is 11.8 Å². The fourth-order valence-electron chi connectivity index (χ4n) is 5.59. The number of nitrogens with zero attached hydrogens (tertiary/aromatic N) is 2. The van der Waals surface area contributed by atoms with Crippen LogP contribution in [0.4, 0.5) is 0 Å². The Morgan fingerprint density at radius 1 is 1.10 bits per heavy atom. The fourth-order valence-corrected chi connectivity index (χ4v) is 5.79. The van der Waals surface area contributed by atoms with Crippen LogP contribution in [0.3, 0.4) is 0 Å². The number of carboxylic acid groups (broad SMARTS) is 1. The van der Waals surface area contributed by atoms with Crippen molar-refractivity contribution >= 4 is 35.6 Å². The lowest BCUT2D eigenvalue weighted by Crippen LogP contribution is -2.40. The normalized spacial score (nSPS) is 32.6. The van der Waals surface area contributed by atoms with Crippen LogP contribution in [0.5, 0.6) is 0 Å². The largest absolute Gasteiger partial charge is 0.478 e. The predicted octanol–water partition coefficient (Wildman–Crippen LogP) is 3.69. The first kappa shape index (κ1) is 18.6. The molecule has 0 unspecified atom stereocenters. The molecule has 2 heterocycles. The number of furan rings is 1. The molecule has 1 N–H and O–H groups in total. The minimum atomic E-state index is -1.13. The molecule has 31 heavy (non-hydrogen) atoms. The maximum atomic E-state index is 12.9. The van der Waals surface area contributed by atoms with Crippen LogP contribution in [-0.4, -0.2) is 34.1 Å². The zero-order valence-electron chi connectivity index (χ0n) is 16.1. The molecule has 5 aliphatic rings. The standard InChI is InChI=1S/C23H17ClN2O5/c24-17-5-1-10(7-16(17)23(29)30)18-6-2-11(31-18)9-25-26-21(27)19-12-3-4-13(15-8-14(12)15)20(19)22(26)28/h1-7,9,12-15,19-20H,8H2,(H,29,30)/b25-9+/t12-,13-,14-,15-,19-,20+/m1/s1. The molecular weight excluding hydrogens is 420 g/mol. The zero-order chi connectivity index (χ0) is 21.4. The maximum Gasteiger partial charge on any atom is 0.337 e. The molecule has 1 aliphatic heterocycles. The van der Waals surface area contributed by atoms with Gasteiger partial charge in [-0.2, -0.15) is 10.1 Å². The van der Waals surface area contributed by atoms with Crippen LogP contribution in [0.15, 0.2) is 52.0 Å². The lowest BCUT2D eigenvalue weighted by Gasteiger charge is -2.37. The summed E-state index contributed by atoms with van der Waals surface area (Å²) in [4.78, 5) is 37.2. The lowest BCUT2D eigenvalue weighted by atomic mass is 9.63. The van der Waals surface area contributed by atoms with Crippen LogP contribution in [0.2, 0.25) is 5.02 Å². The van der Waals surface area contributed by atoms with Crippen molar-refractivity contribution in [3.05, 3.63) is 58.8 Å². The summed E-state index contributed by atoms with van der Waals surface area (Å²) < 4.78 is 5.73. The molecular formula is C23H17ClN2O5. The molecule has 7 rings (SSSR count). The minimum absolute atomic E-state index is 0.0251. The van der Waals surface area contributed by atoms with Gasteiger partial charge in [0.1, 0.15) is 11.5 Å². The number of benzene rings is 1. The summed E-state index contributed by atoms with van der Waals surface area (Å²) in [5.41, 5.74) is 0.519. The Labute approximate surface area is 182 Å². The number of rotatable bonds is 4. The molecule has 0 radical (unpaired) electrons. The van der Waals surface area contributed by atoms with Crippen molar-refractivity contribution in [1.29, 1.82) is 0 Å². The predicted molar refractivity (Wildman–Crippen MR) is 110 cm³/mol. The Balaban J connectivity index is 1.24. The van der Waals surface area contributed by atoms with E-state index in [1.54, 1.807) is 18.2 Å². The van der Waals surface area contributed by atoms with E-state index in [1.165, 1.54) is 18.3 Å². The molecule has 2 amide bonds. The van der Waals surface area contributed by atoms with Crippen molar-refractivity contribution in [3.8, 4) is 11.3 Å². The van der Waals surface area contributed by atoms with Crippen molar-refractivity contribution < 1.29 is 23.9 Å². The second-order valence-corrected chi connectivity index (χ2v) is 9.00. The monoisotopic (exact) mass is 436 g/mol.